The summed E-state index contributed by atoms with van der Waals surface area (Å²) in [6.07, 6.45) is 63.5. The van der Waals surface area contributed by atoms with Crippen LogP contribution in [0, 0.1) is 0 Å². The van der Waals surface area contributed by atoms with E-state index in [9.17, 15) is 19.8 Å². The van der Waals surface area contributed by atoms with Crippen molar-refractivity contribution in [1.82, 2.24) is 5.32 Å². The standard InChI is InChI=1S/C58H113NO5/c1-3-5-7-9-11-13-15-17-18-21-25-28-32-36-40-44-48-52-58(63)64-53-49-45-41-37-33-29-26-23-20-19-22-24-27-31-35-39-43-47-51-57(62)59-55(54-60)56(61)50-46-42-38-34-30-16-14-12-10-8-6-4-2/h22,24,55-56,60-61H,3-21,23,25-54H2,1-2H3,(H,59,62)/b24-22-. The number of amides is 1. The van der Waals surface area contributed by atoms with Crippen molar-refractivity contribution >= 4 is 11.9 Å². The lowest BCUT2D eigenvalue weighted by Crippen LogP contribution is -2.45. The number of aliphatic hydroxyl groups excluding tert-OH is 2. The van der Waals surface area contributed by atoms with Gasteiger partial charge in [-0.3, -0.25) is 9.59 Å². The summed E-state index contributed by atoms with van der Waals surface area (Å²) >= 11 is 0. The summed E-state index contributed by atoms with van der Waals surface area (Å²) in [5, 5.41) is 23.2. The quantitative estimate of drug-likeness (QED) is 0.0321. The van der Waals surface area contributed by atoms with Gasteiger partial charge in [0.2, 0.25) is 5.91 Å². The highest BCUT2D eigenvalue weighted by Gasteiger charge is 2.20. The van der Waals surface area contributed by atoms with E-state index >= 15 is 0 Å². The SMILES string of the molecule is CCCCCCCCCCCCCCCCCCCC(=O)OCCCCCCCCCCC/C=C\CCCCCCCC(=O)NC(CO)C(O)CCCCCCCCCCCCCC. The molecule has 380 valence electrons. The minimum Gasteiger partial charge on any atom is -0.466 e. The summed E-state index contributed by atoms with van der Waals surface area (Å²) in [4.78, 5) is 24.5. The maximum Gasteiger partial charge on any atom is 0.305 e. The monoisotopic (exact) mass is 904 g/mol. The molecule has 2 unspecified atom stereocenters. The van der Waals surface area contributed by atoms with E-state index in [0.29, 0.717) is 25.9 Å². The summed E-state index contributed by atoms with van der Waals surface area (Å²) in [6, 6.07) is -0.549. The normalized spacial score (nSPS) is 12.6. The number of rotatable bonds is 54. The number of allylic oxidation sites excluding steroid dienone is 2. The second kappa shape index (κ2) is 54.2. The van der Waals surface area contributed by atoms with Crippen molar-refractivity contribution in [1.29, 1.82) is 0 Å². The zero-order valence-electron chi connectivity index (χ0n) is 43.3. The molecule has 0 saturated heterocycles. The molecule has 6 heteroatoms. The van der Waals surface area contributed by atoms with Gasteiger partial charge in [-0.25, -0.2) is 0 Å². The van der Waals surface area contributed by atoms with Gasteiger partial charge < -0.3 is 20.3 Å². The number of hydrogen-bond donors (Lipinski definition) is 3. The average Bonchev–Trinajstić information content (AvgIpc) is 3.29. The molecule has 2 atom stereocenters. The molecule has 3 N–H and O–H groups in total. The highest BCUT2D eigenvalue weighted by Crippen LogP contribution is 2.17. The number of nitrogens with one attached hydrogen (secondary N) is 1. The number of carbonyl (C=O) groups excluding carboxylic acids is 2. The Labute approximate surface area is 399 Å². The number of ether oxygens (including phenoxy) is 1. The minimum atomic E-state index is -0.671. The summed E-state index contributed by atoms with van der Waals surface area (Å²) in [6.45, 7) is 4.95. The Morgan fingerprint density at radius 2 is 0.734 bits per heavy atom. The lowest BCUT2D eigenvalue weighted by molar-refractivity contribution is -0.143. The topological polar surface area (TPSA) is 95.9 Å². The smallest absolute Gasteiger partial charge is 0.305 e. The Kier molecular flexibility index (Phi) is 53.0. The molecule has 0 rings (SSSR count). The van der Waals surface area contributed by atoms with Crippen LogP contribution in [0.2, 0.25) is 0 Å². The predicted octanol–water partition coefficient (Wildman–Crippen LogP) is 17.7. The summed E-state index contributed by atoms with van der Waals surface area (Å²) in [7, 11) is 0. The van der Waals surface area contributed by atoms with Crippen molar-refractivity contribution in [2.45, 2.75) is 334 Å². The molecule has 0 bridgehead atoms. The van der Waals surface area contributed by atoms with Crippen LogP contribution in [0.5, 0.6) is 0 Å². The molecule has 0 aromatic carbocycles. The molecular weight excluding hydrogens is 791 g/mol. The molecule has 6 nitrogen and oxygen atoms in total. The van der Waals surface area contributed by atoms with Gasteiger partial charge >= 0.3 is 5.97 Å². The second-order valence-corrected chi connectivity index (χ2v) is 20.0. The Hall–Kier alpha value is -1.40. The van der Waals surface area contributed by atoms with Crippen LogP contribution >= 0.6 is 0 Å². The van der Waals surface area contributed by atoms with Crippen molar-refractivity contribution in [2.24, 2.45) is 0 Å². The van der Waals surface area contributed by atoms with E-state index in [4.69, 9.17) is 4.74 Å². The summed E-state index contributed by atoms with van der Waals surface area (Å²) < 4.78 is 5.49. The van der Waals surface area contributed by atoms with E-state index in [1.54, 1.807) is 0 Å². The van der Waals surface area contributed by atoms with Gasteiger partial charge in [-0.05, 0) is 51.4 Å². The molecule has 0 aliphatic heterocycles. The first-order valence-electron chi connectivity index (χ1n) is 28.9. The molecule has 0 saturated carbocycles. The van der Waals surface area contributed by atoms with Gasteiger partial charge in [0.05, 0.1) is 25.4 Å². The van der Waals surface area contributed by atoms with Crippen LogP contribution < -0.4 is 5.32 Å². The van der Waals surface area contributed by atoms with Gasteiger partial charge in [0.25, 0.3) is 0 Å². The fraction of sp³-hybridized carbons (Fsp3) is 0.931. The van der Waals surface area contributed by atoms with E-state index < -0.39 is 12.1 Å². The predicted molar refractivity (Wildman–Crippen MR) is 278 cm³/mol. The lowest BCUT2D eigenvalue weighted by atomic mass is 10.0. The van der Waals surface area contributed by atoms with Crippen LogP contribution in [0.4, 0.5) is 0 Å². The Morgan fingerprint density at radius 1 is 0.422 bits per heavy atom. The van der Waals surface area contributed by atoms with Gasteiger partial charge in [0.15, 0.2) is 0 Å². The second-order valence-electron chi connectivity index (χ2n) is 20.0. The average molecular weight is 905 g/mol. The van der Waals surface area contributed by atoms with Gasteiger partial charge in [0, 0.05) is 12.8 Å². The van der Waals surface area contributed by atoms with Crippen molar-refractivity contribution in [3.05, 3.63) is 12.2 Å². The van der Waals surface area contributed by atoms with Crippen molar-refractivity contribution in [3.8, 4) is 0 Å². The number of unbranched alkanes of at least 4 members (excludes halogenated alkanes) is 41. The third-order valence-corrected chi connectivity index (χ3v) is 13.6. The maximum absolute atomic E-state index is 12.4. The third-order valence-electron chi connectivity index (χ3n) is 13.6. The van der Waals surface area contributed by atoms with Gasteiger partial charge in [0.1, 0.15) is 0 Å². The first-order valence-corrected chi connectivity index (χ1v) is 28.9. The zero-order chi connectivity index (χ0) is 46.5. The molecule has 0 aliphatic carbocycles. The molecule has 0 fully saturated rings. The summed E-state index contributed by atoms with van der Waals surface area (Å²) in [5.41, 5.74) is 0. The van der Waals surface area contributed by atoms with Crippen LogP contribution in [0.1, 0.15) is 322 Å². The van der Waals surface area contributed by atoms with Gasteiger partial charge in [-0.2, -0.15) is 0 Å². The van der Waals surface area contributed by atoms with Crippen LogP contribution in [0.25, 0.3) is 0 Å². The third kappa shape index (κ3) is 50.0. The Bertz CT molecular complexity index is 955. The van der Waals surface area contributed by atoms with Gasteiger partial charge in [-0.1, -0.05) is 270 Å². The molecule has 0 aromatic heterocycles. The van der Waals surface area contributed by atoms with Crippen molar-refractivity contribution in [2.75, 3.05) is 13.2 Å². The van der Waals surface area contributed by atoms with Crippen LogP contribution in [0.3, 0.4) is 0 Å². The first kappa shape index (κ1) is 62.6. The molecule has 64 heavy (non-hydrogen) atoms. The molecular formula is C58H113NO5. The van der Waals surface area contributed by atoms with Crippen LogP contribution in [-0.2, 0) is 14.3 Å². The highest BCUT2D eigenvalue weighted by molar-refractivity contribution is 5.76. The minimum absolute atomic E-state index is 0.00729. The zero-order valence-corrected chi connectivity index (χ0v) is 43.3. The summed E-state index contributed by atoms with van der Waals surface area (Å²) in [5.74, 6) is -0.0413. The first-order chi connectivity index (χ1) is 31.5. The molecule has 0 radical (unpaired) electrons. The Balaban J connectivity index is 3.41. The largest absolute Gasteiger partial charge is 0.466 e. The van der Waals surface area contributed by atoms with Crippen LogP contribution in [-0.4, -0.2) is 47.4 Å². The number of carbonyl (C=O) groups is 2. The van der Waals surface area contributed by atoms with E-state index in [1.165, 1.54) is 238 Å². The molecule has 0 aromatic rings. The molecule has 1 amide bonds. The van der Waals surface area contributed by atoms with Crippen molar-refractivity contribution < 1.29 is 24.5 Å². The van der Waals surface area contributed by atoms with E-state index in [-0.39, 0.29) is 18.5 Å². The van der Waals surface area contributed by atoms with E-state index in [1.807, 2.05) is 0 Å². The lowest BCUT2D eigenvalue weighted by Gasteiger charge is -2.22. The number of esters is 1. The van der Waals surface area contributed by atoms with Crippen LogP contribution in [0.15, 0.2) is 12.2 Å². The van der Waals surface area contributed by atoms with Crippen molar-refractivity contribution in [3.63, 3.8) is 0 Å². The highest BCUT2D eigenvalue weighted by atomic mass is 16.5. The fourth-order valence-electron chi connectivity index (χ4n) is 9.11. The van der Waals surface area contributed by atoms with E-state index in [0.717, 1.165) is 51.4 Å². The fourth-order valence-corrected chi connectivity index (χ4v) is 9.11. The molecule has 0 heterocycles. The number of hydrogen-bond acceptors (Lipinski definition) is 5. The molecule has 0 spiro atoms. The molecule has 0 aliphatic rings. The maximum atomic E-state index is 12.4. The van der Waals surface area contributed by atoms with Gasteiger partial charge in [-0.15, -0.1) is 0 Å². The van der Waals surface area contributed by atoms with E-state index in [2.05, 4.69) is 31.3 Å². The Morgan fingerprint density at radius 3 is 1.11 bits per heavy atom. The number of aliphatic hydroxyl groups is 2.